The number of nitrogens with zero attached hydrogens (tertiary/aromatic N) is 2. The minimum Gasteiger partial charge on any atom is -0.319 e. The summed E-state index contributed by atoms with van der Waals surface area (Å²) in [6, 6.07) is 4.15. The fraction of sp³-hybridized carbons (Fsp3) is 0.643. The van der Waals surface area contributed by atoms with Gasteiger partial charge in [0.05, 0.1) is 5.69 Å². The van der Waals surface area contributed by atoms with E-state index in [1.165, 1.54) is 30.8 Å². The molecule has 1 aliphatic rings. The topological polar surface area (TPSA) is 28.2 Å². The first kappa shape index (κ1) is 12.5. The molecule has 0 radical (unpaired) electrons. The summed E-state index contributed by atoms with van der Waals surface area (Å²) < 4.78 is 0. The van der Waals surface area contributed by atoms with Gasteiger partial charge in [-0.15, -0.1) is 0 Å². The third-order valence-corrected chi connectivity index (χ3v) is 3.73. The molecule has 1 aliphatic heterocycles. The molecule has 0 bridgehead atoms. The highest BCUT2D eigenvalue weighted by atomic mass is 15.2. The minimum absolute atomic E-state index is 0.428. The van der Waals surface area contributed by atoms with Crippen LogP contribution in [0.1, 0.15) is 24.6 Å². The van der Waals surface area contributed by atoms with Crippen molar-refractivity contribution < 1.29 is 0 Å². The number of rotatable bonds is 4. The molecule has 1 saturated heterocycles. The van der Waals surface area contributed by atoms with Gasteiger partial charge in [-0.2, -0.15) is 0 Å². The zero-order valence-electron chi connectivity index (χ0n) is 11.2. The van der Waals surface area contributed by atoms with E-state index in [9.17, 15) is 0 Å². The van der Waals surface area contributed by atoms with Crippen molar-refractivity contribution in [2.24, 2.45) is 5.41 Å². The van der Waals surface area contributed by atoms with Gasteiger partial charge in [0.2, 0.25) is 0 Å². The van der Waals surface area contributed by atoms with Gasteiger partial charge in [0.25, 0.3) is 0 Å². The van der Waals surface area contributed by atoms with Gasteiger partial charge in [-0.05, 0) is 44.0 Å². The average Bonchev–Trinajstić information content (AvgIpc) is 2.64. The molecule has 0 aliphatic carbocycles. The Morgan fingerprint density at radius 3 is 3.06 bits per heavy atom. The second kappa shape index (κ2) is 5.15. The summed E-state index contributed by atoms with van der Waals surface area (Å²) >= 11 is 0. The molecular formula is C14H23N3. The number of hydrogen-bond acceptors (Lipinski definition) is 3. The second-order valence-corrected chi connectivity index (χ2v) is 5.57. The SMILES string of the molecule is CNCC1(C)CCN(Cc2ncccc2C)C1. The number of pyridine rings is 1. The molecular weight excluding hydrogens is 210 g/mol. The van der Waals surface area contributed by atoms with Gasteiger partial charge in [-0.25, -0.2) is 0 Å². The molecule has 1 aromatic heterocycles. The van der Waals surface area contributed by atoms with Crippen molar-refractivity contribution in [1.82, 2.24) is 15.2 Å². The third kappa shape index (κ3) is 3.05. The maximum Gasteiger partial charge on any atom is 0.0573 e. The van der Waals surface area contributed by atoms with Crippen molar-refractivity contribution in [2.75, 3.05) is 26.7 Å². The number of nitrogens with one attached hydrogen (secondary N) is 1. The molecule has 0 spiro atoms. The zero-order valence-corrected chi connectivity index (χ0v) is 11.2. The highest BCUT2D eigenvalue weighted by Crippen LogP contribution is 2.29. The lowest BCUT2D eigenvalue weighted by atomic mass is 9.90. The first-order valence-electron chi connectivity index (χ1n) is 6.40. The number of hydrogen-bond donors (Lipinski definition) is 1. The van der Waals surface area contributed by atoms with E-state index in [1.54, 1.807) is 0 Å². The predicted octanol–water partition coefficient (Wildman–Crippen LogP) is 1.82. The number of likely N-dealkylation sites (tertiary alicyclic amines) is 1. The molecule has 94 valence electrons. The molecule has 1 atom stereocenters. The lowest BCUT2D eigenvalue weighted by Gasteiger charge is -2.24. The van der Waals surface area contributed by atoms with Crippen molar-refractivity contribution in [1.29, 1.82) is 0 Å². The standard InChI is InChI=1S/C14H23N3/c1-12-5-4-7-16-13(12)9-17-8-6-14(2,11-17)10-15-3/h4-5,7,15H,6,8-11H2,1-3H3. The summed E-state index contributed by atoms with van der Waals surface area (Å²) in [7, 11) is 2.04. The Labute approximate surface area is 104 Å². The number of aromatic nitrogens is 1. The first-order valence-corrected chi connectivity index (χ1v) is 6.40. The summed E-state index contributed by atoms with van der Waals surface area (Å²) in [6.07, 6.45) is 3.17. The Morgan fingerprint density at radius 2 is 2.35 bits per heavy atom. The summed E-state index contributed by atoms with van der Waals surface area (Å²) in [5, 5.41) is 3.30. The van der Waals surface area contributed by atoms with Gasteiger partial charge < -0.3 is 5.32 Å². The van der Waals surface area contributed by atoms with Gasteiger partial charge in [-0.1, -0.05) is 13.0 Å². The predicted molar refractivity (Wildman–Crippen MR) is 70.9 cm³/mol. The molecule has 1 N–H and O–H groups in total. The van der Waals surface area contributed by atoms with Crippen LogP contribution in [0.2, 0.25) is 0 Å². The minimum atomic E-state index is 0.428. The van der Waals surface area contributed by atoms with E-state index in [0.717, 1.165) is 13.1 Å². The van der Waals surface area contributed by atoms with Crippen LogP contribution in [0.15, 0.2) is 18.3 Å². The molecule has 1 unspecified atom stereocenters. The lowest BCUT2D eigenvalue weighted by Crippen LogP contribution is -2.33. The Kier molecular flexibility index (Phi) is 3.79. The first-order chi connectivity index (χ1) is 8.13. The molecule has 2 rings (SSSR count). The fourth-order valence-corrected chi connectivity index (χ4v) is 2.73. The van der Waals surface area contributed by atoms with Crippen LogP contribution >= 0.6 is 0 Å². The van der Waals surface area contributed by atoms with Crippen molar-refractivity contribution in [3.63, 3.8) is 0 Å². The fourth-order valence-electron chi connectivity index (χ4n) is 2.73. The molecule has 0 aromatic carbocycles. The number of aryl methyl sites for hydroxylation is 1. The molecule has 0 amide bonds. The van der Waals surface area contributed by atoms with Crippen LogP contribution in [0.4, 0.5) is 0 Å². The lowest BCUT2D eigenvalue weighted by molar-refractivity contribution is 0.263. The smallest absolute Gasteiger partial charge is 0.0573 e. The van der Waals surface area contributed by atoms with Crippen LogP contribution in [-0.2, 0) is 6.54 Å². The Hall–Kier alpha value is -0.930. The van der Waals surface area contributed by atoms with E-state index in [-0.39, 0.29) is 0 Å². The average molecular weight is 233 g/mol. The summed E-state index contributed by atoms with van der Waals surface area (Å²) in [5.74, 6) is 0. The van der Waals surface area contributed by atoms with Crippen molar-refractivity contribution in [3.05, 3.63) is 29.6 Å². The van der Waals surface area contributed by atoms with Crippen molar-refractivity contribution >= 4 is 0 Å². The van der Waals surface area contributed by atoms with Crippen molar-refractivity contribution in [2.45, 2.75) is 26.8 Å². The van der Waals surface area contributed by atoms with Crippen LogP contribution in [-0.4, -0.2) is 36.6 Å². The maximum absolute atomic E-state index is 4.48. The van der Waals surface area contributed by atoms with Gasteiger partial charge in [0.1, 0.15) is 0 Å². The van der Waals surface area contributed by atoms with E-state index in [0.29, 0.717) is 5.41 Å². The monoisotopic (exact) mass is 233 g/mol. The summed E-state index contributed by atoms with van der Waals surface area (Å²) in [5.41, 5.74) is 2.95. The highest BCUT2D eigenvalue weighted by Gasteiger charge is 2.33. The summed E-state index contributed by atoms with van der Waals surface area (Å²) in [4.78, 5) is 7.00. The van der Waals surface area contributed by atoms with Crippen LogP contribution in [0, 0.1) is 12.3 Å². The van der Waals surface area contributed by atoms with Crippen molar-refractivity contribution in [3.8, 4) is 0 Å². The molecule has 2 heterocycles. The van der Waals surface area contributed by atoms with E-state index in [1.807, 2.05) is 19.3 Å². The molecule has 1 fully saturated rings. The molecule has 17 heavy (non-hydrogen) atoms. The molecule has 0 saturated carbocycles. The van der Waals surface area contributed by atoms with Crippen LogP contribution < -0.4 is 5.32 Å². The van der Waals surface area contributed by atoms with E-state index in [4.69, 9.17) is 0 Å². The van der Waals surface area contributed by atoms with Gasteiger partial charge in [-0.3, -0.25) is 9.88 Å². The van der Waals surface area contributed by atoms with E-state index >= 15 is 0 Å². The van der Waals surface area contributed by atoms with E-state index < -0.39 is 0 Å². The maximum atomic E-state index is 4.48. The normalized spacial score (nSPS) is 25.4. The van der Waals surface area contributed by atoms with Gasteiger partial charge in [0, 0.05) is 25.8 Å². The Bertz CT molecular complexity index is 377. The largest absolute Gasteiger partial charge is 0.319 e. The second-order valence-electron chi connectivity index (χ2n) is 5.57. The Morgan fingerprint density at radius 1 is 1.53 bits per heavy atom. The van der Waals surface area contributed by atoms with E-state index in [2.05, 4.69) is 35.1 Å². The zero-order chi connectivity index (χ0) is 12.3. The summed E-state index contributed by atoms with van der Waals surface area (Å²) in [6.45, 7) is 8.97. The molecule has 3 nitrogen and oxygen atoms in total. The third-order valence-electron chi connectivity index (χ3n) is 3.73. The highest BCUT2D eigenvalue weighted by molar-refractivity contribution is 5.17. The van der Waals surface area contributed by atoms with Crippen LogP contribution in [0.5, 0.6) is 0 Å². The molecule has 1 aromatic rings. The van der Waals surface area contributed by atoms with Gasteiger partial charge >= 0.3 is 0 Å². The van der Waals surface area contributed by atoms with Gasteiger partial charge in [0.15, 0.2) is 0 Å². The Balaban J connectivity index is 1.96. The van der Waals surface area contributed by atoms with Crippen LogP contribution in [0.3, 0.4) is 0 Å². The molecule has 3 heteroatoms. The van der Waals surface area contributed by atoms with Crippen LogP contribution in [0.25, 0.3) is 0 Å². The quantitative estimate of drug-likeness (QED) is 0.860.